The molecule has 0 aliphatic carbocycles. The highest BCUT2D eigenvalue weighted by Gasteiger charge is 2.20. The number of hydrogen-bond acceptors (Lipinski definition) is 5. The van der Waals surface area contributed by atoms with Crippen LogP contribution >= 0.6 is 0 Å². The van der Waals surface area contributed by atoms with Gasteiger partial charge in [-0.2, -0.15) is 0 Å². The van der Waals surface area contributed by atoms with E-state index in [4.69, 9.17) is 4.74 Å². The van der Waals surface area contributed by atoms with Crippen molar-refractivity contribution in [2.24, 2.45) is 0 Å². The van der Waals surface area contributed by atoms with Crippen LogP contribution < -0.4 is 5.32 Å². The quantitative estimate of drug-likeness (QED) is 0.0320. The second-order valence-corrected chi connectivity index (χ2v) is 27.0. The van der Waals surface area contributed by atoms with Crippen molar-refractivity contribution in [3.05, 3.63) is 24.3 Å². The van der Waals surface area contributed by atoms with Crippen LogP contribution in [0.2, 0.25) is 0 Å². The highest BCUT2D eigenvalue weighted by atomic mass is 16.5. The number of aliphatic hydroxyl groups is 2. The Morgan fingerprint density at radius 1 is 0.318 bits per heavy atom. The third-order valence-electron chi connectivity index (χ3n) is 18.5. The van der Waals surface area contributed by atoms with Gasteiger partial charge in [-0.3, -0.25) is 9.59 Å². The van der Waals surface area contributed by atoms with Gasteiger partial charge in [-0.25, -0.2) is 0 Å². The topological polar surface area (TPSA) is 95.9 Å². The SMILES string of the molecule is CCCCC/C=C\CCCCCCCC(=O)OCCCCCCCCCCCCCC/C=C\CCCCCCCCCCCCCCCCCC(=O)NC(CO)C(O)CCCCCCCCCCCCCCCCCCCCCCCCCCC. The van der Waals surface area contributed by atoms with E-state index in [1.807, 2.05) is 0 Å². The summed E-state index contributed by atoms with van der Waals surface area (Å²) in [6.45, 7) is 4.98. The maximum absolute atomic E-state index is 12.6. The fourth-order valence-corrected chi connectivity index (χ4v) is 12.5. The van der Waals surface area contributed by atoms with Crippen molar-refractivity contribution in [2.75, 3.05) is 13.2 Å². The molecule has 0 aliphatic rings. The van der Waals surface area contributed by atoms with E-state index in [0.717, 1.165) is 44.9 Å². The Morgan fingerprint density at radius 3 is 0.859 bits per heavy atom. The number of carbonyl (C=O) groups excluding carboxylic acids is 2. The number of rotatable bonds is 74. The normalized spacial score (nSPS) is 12.6. The fourth-order valence-electron chi connectivity index (χ4n) is 12.5. The minimum atomic E-state index is -0.664. The third-order valence-corrected chi connectivity index (χ3v) is 18.5. The lowest BCUT2D eigenvalue weighted by Crippen LogP contribution is -2.45. The van der Waals surface area contributed by atoms with E-state index < -0.39 is 12.1 Å². The fraction of sp³-hybridized carbons (Fsp3) is 0.924. The molecular weight excluding hydrogens is 1040 g/mol. The number of amides is 1. The lowest BCUT2D eigenvalue weighted by molar-refractivity contribution is -0.143. The van der Waals surface area contributed by atoms with Crippen LogP contribution in [0.25, 0.3) is 0 Å². The number of hydrogen-bond donors (Lipinski definition) is 3. The van der Waals surface area contributed by atoms with Gasteiger partial charge in [0.1, 0.15) is 0 Å². The first-order valence-corrected chi connectivity index (χ1v) is 39.1. The molecule has 0 saturated heterocycles. The van der Waals surface area contributed by atoms with Gasteiger partial charge >= 0.3 is 5.97 Å². The summed E-state index contributed by atoms with van der Waals surface area (Å²) in [4.78, 5) is 24.6. The molecule has 0 saturated carbocycles. The van der Waals surface area contributed by atoms with Gasteiger partial charge in [0.05, 0.1) is 25.4 Å². The van der Waals surface area contributed by atoms with Crippen molar-refractivity contribution in [2.45, 2.75) is 456 Å². The van der Waals surface area contributed by atoms with E-state index in [1.54, 1.807) is 0 Å². The molecule has 0 bridgehead atoms. The molecule has 6 heteroatoms. The van der Waals surface area contributed by atoms with Crippen molar-refractivity contribution in [3.63, 3.8) is 0 Å². The molecule has 0 aliphatic heterocycles. The Kier molecular flexibility index (Phi) is 73.3. The first-order chi connectivity index (χ1) is 42.0. The molecule has 0 heterocycles. The number of aliphatic hydroxyl groups excluding tert-OH is 2. The Labute approximate surface area is 532 Å². The lowest BCUT2D eigenvalue weighted by atomic mass is 10.0. The molecule has 6 nitrogen and oxygen atoms in total. The van der Waals surface area contributed by atoms with Crippen LogP contribution in [0.5, 0.6) is 0 Å². The minimum absolute atomic E-state index is 0.00844. The van der Waals surface area contributed by atoms with Gasteiger partial charge in [0.2, 0.25) is 5.91 Å². The first kappa shape index (κ1) is 83.3. The van der Waals surface area contributed by atoms with Crippen molar-refractivity contribution in [3.8, 4) is 0 Å². The highest BCUT2D eigenvalue weighted by molar-refractivity contribution is 5.76. The zero-order valence-corrected chi connectivity index (χ0v) is 57.9. The number of nitrogens with one attached hydrogen (secondary N) is 1. The molecule has 0 fully saturated rings. The molecule has 2 atom stereocenters. The molecule has 0 spiro atoms. The number of esters is 1. The summed E-state index contributed by atoms with van der Waals surface area (Å²) in [5.41, 5.74) is 0. The summed E-state index contributed by atoms with van der Waals surface area (Å²) in [7, 11) is 0. The Bertz CT molecular complexity index is 1330. The smallest absolute Gasteiger partial charge is 0.305 e. The number of allylic oxidation sites excluding steroid dienone is 4. The van der Waals surface area contributed by atoms with Crippen molar-refractivity contribution >= 4 is 11.9 Å². The molecule has 1 amide bonds. The van der Waals surface area contributed by atoms with Crippen LogP contribution in [0.15, 0.2) is 24.3 Å². The zero-order chi connectivity index (χ0) is 61.3. The molecule has 0 radical (unpaired) electrons. The van der Waals surface area contributed by atoms with Crippen LogP contribution in [0, 0.1) is 0 Å². The van der Waals surface area contributed by atoms with Crippen molar-refractivity contribution < 1.29 is 24.5 Å². The van der Waals surface area contributed by atoms with Crippen molar-refractivity contribution in [1.82, 2.24) is 5.32 Å². The summed E-state index contributed by atoms with van der Waals surface area (Å²) < 4.78 is 5.48. The Balaban J connectivity index is 3.37. The lowest BCUT2D eigenvalue weighted by Gasteiger charge is -2.22. The van der Waals surface area contributed by atoms with Crippen LogP contribution in [-0.2, 0) is 14.3 Å². The maximum atomic E-state index is 12.6. The molecule has 3 N–H and O–H groups in total. The van der Waals surface area contributed by atoms with Crippen LogP contribution in [0.1, 0.15) is 444 Å². The predicted molar refractivity (Wildman–Crippen MR) is 375 cm³/mol. The molecule has 0 aromatic heterocycles. The van der Waals surface area contributed by atoms with Crippen LogP contribution in [0.4, 0.5) is 0 Å². The van der Waals surface area contributed by atoms with Crippen molar-refractivity contribution in [1.29, 1.82) is 0 Å². The van der Waals surface area contributed by atoms with Gasteiger partial charge in [-0.15, -0.1) is 0 Å². The predicted octanol–water partition coefficient (Wildman–Crippen LogP) is 25.7. The highest BCUT2D eigenvalue weighted by Crippen LogP contribution is 2.20. The van der Waals surface area contributed by atoms with E-state index in [1.165, 1.54) is 366 Å². The monoisotopic (exact) mass is 1200 g/mol. The Morgan fingerprint density at radius 2 is 0.553 bits per heavy atom. The van der Waals surface area contributed by atoms with Gasteiger partial charge in [0.25, 0.3) is 0 Å². The van der Waals surface area contributed by atoms with E-state index in [2.05, 4.69) is 43.5 Å². The molecule has 0 rings (SSSR count). The van der Waals surface area contributed by atoms with Gasteiger partial charge in [0.15, 0.2) is 0 Å². The summed E-state index contributed by atoms with van der Waals surface area (Å²) in [5, 5.41) is 23.5. The summed E-state index contributed by atoms with van der Waals surface area (Å²) in [5.74, 6) is -0.0187. The first-order valence-electron chi connectivity index (χ1n) is 39.1. The molecule has 2 unspecified atom stereocenters. The van der Waals surface area contributed by atoms with Gasteiger partial charge < -0.3 is 20.3 Å². The van der Waals surface area contributed by atoms with Gasteiger partial charge in [-0.1, -0.05) is 378 Å². The largest absolute Gasteiger partial charge is 0.466 e. The second-order valence-electron chi connectivity index (χ2n) is 27.0. The average Bonchev–Trinajstić information content (AvgIpc) is 3.51. The Hall–Kier alpha value is -1.66. The minimum Gasteiger partial charge on any atom is -0.466 e. The number of ether oxygens (including phenoxy) is 1. The average molecular weight is 1200 g/mol. The molecule has 0 aromatic rings. The zero-order valence-electron chi connectivity index (χ0n) is 57.9. The molecule has 85 heavy (non-hydrogen) atoms. The maximum Gasteiger partial charge on any atom is 0.305 e. The third kappa shape index (κ3) is 71.3. The van der Waals surface area contributed by atoms with Crippen LogP contribution in [0.3, 0.4) is 0 Å². The van der Waals surface area contributed by atoms with Gasteiger partial charge in [0, 0.05) is 12.8 Å². The van der Waals surface area contributed by atoms with E-state index in [-0.39, 0.29) is 18.5 Å². The molecular formula is C79H153NO5. The number of unbranched alkanes of at least 4 members (excludes halogenated alkanes) is 59. The summed E-state index contributed by atoms with van der Waals surface area (Å²) >= 11 is 0. The summed E-state index contributed by atoms with van der Waals surface area (Å²) in [6.07, 6.45) is 95.5. The second kappa shape index (κ2) is 74.8. The van der Waals surface area contributed by atoms with E-state index >= 15 is 0 Å². The van der Waals surface area contributed by atoms with Gasteiger partial charge in [-0.05, 0) is 77.0 Å². The van der Waals surface area contributed by atoms with Crippen LogP contribution in [-0.4, -0.2) is 47.4 Å². The molecule has 504 valence electrons. The molecule has 0 aromatic carbocycles. The summed E-state index contributed by atoms with van der Waals surface area (Å²) in [6, 6.07) is -0.541. The van der Waals surface area contributed by atoms with E-state index in [0.29, 0.717) is 25.9 Å². The van der Waals surface area contributed by atoms with E-state index in [9.17, 15) is 19.8 Å². The number of carbonyl (C=O) groups is 2. The standard InChI is InChI=1S/C79H153NO5/c1-3-5-7-9-11-13-15-17-18-19-20-21-22-30-33-36-39-42-45-48-51-55-59-63-67-71-77(82)76(75-81)80-78(83)72-68-64-60-56-52-49-46-43-40-37-34-31-28-26-24-23-25-27-29-32-35-38-41-44-47-50-54-58-62-66-70-74-85-79(84)73-69-65-61-57-53-16-14-12-10-8-6-4-2/h12,14,25,27,76-77,81-82H,3-11,13,15-24,26,28-75H2,1-2H3,(H,80,83)/b14-12-,27-25-.